The zero-order valence-electron chi connectivity index (χ0n) is 12.7. The van der Waals surface area contributed by atoms with Crippen LogP contribution in [-0.4, -0.2) is 10.9 Å². The van der Waals surface area contributed by atoms with E-state index in [0.717, 1.165) is 20.8 Å². The Bertz CT molecular complexity index is 821. The van der Waals surface area contributed by atoms with Crippen LogP contribution >= 0.6 is 27.3 Å². The molecule has 0 radical (unpaired) electrons. The first-order valence-electron chi connectivity index (χ1n) is 7.34. The van der Waals surface area contributed by atoms with Crippen LogP contribution < -0.4 is 10.1 Å². The summed E-state index contributed by atoms with van der Waals surface area (Å²) in [5.41, 5.74) is 2.52. The minimum Gasteiger partial charge on any atom is -0.487 e. The predicted octanol–water partition coefficient (Wildman–Crippen LogP) is 4.41. The van der Waals surface area contributed by atoms with Gasteiger partial charge >= 0.3 is 0 Å². The minimum atomic E-state index is -0.0863. The molecule has 0 aliphatic heterocycles. The lowest BCUT2D eigenvalue weighted by molar-refractivity contribution is 0.0951. The first kappa shape index (κ1) is 16.7. The molecule has 1 N–H and O–H groups in total. The molecule has 1 aromatic carbocycles. The van der Waals surface area contributed by atoms with Crippen LogP contribution in [-0.2, 0) is 13.2 Å². The molecule has 0 saturated heterocycles. The maximum atomic E-state index is 12.1. The summed E-state index contributed by atoms with van der Waals surface area (Å²) in [4.78, 5) is 16.3. The van der Waals surface area contributed by atoms with E-state index in [1.807, 2.05) is 53.9 Å². The van der Waals surface area contributed by atoms with Crippen LogP contribution in [0, 0.1) is 0 Å². The third kappa shape index (κ3) is 4.66. The highest BCUT2D eigenvalue weighted by molar-refractivity contribution is 9.11. The predicted molar refractivity (Wildman–Crippen MR) is 98.2 cm³/mol. The first-order chi connectivity index (χ1) is 11.7. The van der Waals surface area contributed by atoms with Gasteiger partial charge in [-0.3, -0.25) is 9.78 Å². The number of hydrogen-bond donors (Lipinski definition) is 1. The van der Waals surface area contributed by atoms with Crippen molar-refractivity contribution < 1.29 is 9.53 Å². The van der Waals surface area contributed by atoms with Crippen molar-refractivity contribution in [2.45, 2.75) is 13.2 Å². The molecule has 0 fully saturated rings. The van der Waals surface area contributed by atoms with E-state index in [4.69, 9.17) is 4.74 Å². The molecule has 4 nitrogen and oxygen atoms in total. The summed E-state index contributed by atoms with van der Waals surface area (Å²) in [6, 6.07) is 15.2. The van der Waals surface area contributed by atoms with Gasteiger partial charge in [-0.1, -0.05) is 18.2 Å². The standard InChI is InChI=1S/C18H15BrN2O2S/c19-17-9-14(12-24-17)18(22)21-10-13-4-3-6-16(8-13)23-11-15-5-1-2-7-20-15/h1-9,12H,10-11H2,(H,21,22). The van der Waals surface area contributed by atoms with Gasteiger partial charge in [0, 0.05) is 18.1 Å². The van der Waals surface area contributed by atoms with Gasteiger partial charge in [-0.05, 0) is 51.8 Å². The number of thiophene rings is 1. The SMILES string of the molecule is O=C(NCc1cccc(OCc2ccccn2)c1)c1csc(Br)c1. The number of hydrogen-bond acceptors (Lipinski definition) is 4. The third-order valence-corrected chi connectivity index (χ3v) is 4.80. The Morgan fingerprint density at radius 1 is 1.21 bits per heavy atom. The van der Waals surface area contributed by atoms with Crippen molar-refractivity contribution in [3.05, 3.63) is 80.7 Å². The maximum Gasteiger partial charge on any atom is 0.252 e. The van der Waals surface area contributed by atoms with Crippen LogP contribution in [0.25, 0.3) is 0 Å². The molecule has 0 aliphatic rings. The van der Waals surface area contributed by atoms with Crippen LogP contribution in [0.2, 0.25) is 0 Å². The molecule has 0 saturated carbocycles. The minimum absolute atomic E-state index is 0.0863. The van der Waals surface area contributed by atoms with E-state index in [1.165, 1.54) is 11.3 Å². The topological polar surface area (TPSA) is 51.2 Å². The molecule has 3 rings (SSSR count). The molecule has 0 aliphatic carbocycles. The average molecular weight is 403 g/mol. The van der Waals surface area contributed by atoms with E-state index in [1.54, 1.807) is 6.20 Å². The van der Waals surface area contributed by atoms with Crippen LogP contribution in [0.3, 0.4) is 0 Å². The number of amides is 1. The maximum absolute atomic E-state index is 12.1. The highest BCUT2D eigenvalue weighted by Crippen LogP contribution is 2.20. The van der Waals surface area contributed by atoms with Gasteiger partial charge in [-0.25, -0.2) is 0 Å². The lowest BCUT2D eigenvalue weighted by atomic mass is 10.2. The highest BCUT2D eigenvalue weighted by Gasteiger charge is 2.07. The summed E-state index contributed by atoms with van der Waals surface area (Å²) in [5, 5.41) is 4.73. The molecular formula is C18H15BrN2O2S. The number of nitrogens with zero attached hydrogens (tertiary/aromatic N) is 1. The van der Waals surface area contributed by atoms with Crippen molar-refractivity contribution in [3.8, 4) is 5.75 Å². The highest BCUT2D eigenvalue weighted by atomic mass is 79.9. The summed E-state index contributed by atoms with van der Waals surface area (Å²) in [6.45, 7) is 0.868. The van der Waals surface area contributed by atoms with E-state index >= 15 is 0 Å². The van der Waals surface area contributed by atoms with E-state index in [-0.39, 0.29) is 5.91 Å². The van der Waals surface area contributed by atoms with Crippen LogP contribution in [0.5, 0.6) is 5.75 Å². The molecule has 2 heterocycles. The average Bonchev–Trinajstić information content (AvgIpc) is 3.06. The lowest BCUT2D eigenvalue weighted by Gasteiger charge is -2.08. The Labute approximate surface area is 152 Å². The summed E-state index contributed by atoms with van der Waals surface area (Å²) < 4.78 is 6.69. The van der Waals surface area contributed by atoms with E-state index < -0.39 is 0 Å². The van der Waals surface area contributed by atoms with Crippen molar-refractivity contribution in [1.29, 1.82) is 0 Å². The van der Waals surface area contributed by atoms with Crippen molar-refractivity contribution in [2.24, 2.45) is 0 Å². The van der Waals surface area contributed by atoms with Gasteiger partial charge in [0.25, 0.3) is 5.91 Å². The number of ether oxygens (including phenoxy) is 1. The van der Waals surface area contributed by atoms with Gasteiger partial charge in [-0.15, -0.1) is 11.3 Å². The first-order valence-corrected chi connectivity index (χ1v) is 9.02. The van der Waals surface area contributed by atoms with E-state index in [9.17, 15) is 4.79 Å². The van der Waals surface area contributed by atoms with Crippen molar-refractivity contribution in [3.63, 3.8) is 0 Å². The molecule has 0 atom stereocenters. The van der Waals surface area contributed by atoms with Crippen molar-refractivity contribution >= 4 is 33.2 Å². The number of benzene rings is 1. The van der Waals surface area contributed by atoms with Gasteiger partial charge in [0.15, 0.2) is 0 Å². The molecule has 0 spiro atoms. The lowest BCUT2D eigenvalue weighted by Crippen LogP contribution is -2.22. The molecule has 3 aromatic rings. The van der Waals surface area contributed by atoms with Crippen LogP contribution in [0.1, 0.15) is 21.6 Å². The molecule has 24 heavy (non-hydrogen) atoms. The second kappa shape index (κ2) is 8.08. The van der Waals surface area contributed by atoms with Gasteiger partial charge in [-0.2, -0.15) is 0 Å². The summed E-state index contributed by atoms with van der Waals surface area (Å²) >= 11 is 4.85. The Balaban J connectivity index is 1.56. The number of aromatic nitrogens is 1. The Hall–Kier alpha value is -2.18. The van der Waals surface area contributed by atoms with Crippen LogP contribution in [0.4, 0.5) is 0 Å². The van der Waals surface area contributed by atoms with Gasteiger partial charge in [0.1, 0.15) is 12.4 Å². The molecule has 122 valence electrons. The largest absolute Gasteiger partial charge is 0.487 e. The molecule has 1 amide bonds. The number of halogens is 1. The molecule has 0 unspecified atom stereocenters. The Kier molecular flexibility index (Phi) is 5.61. The second-order valence-electron chi connectivity index (χ2n) is 5.08. The van der Waals surface area contributed by atoms with Crippen LogP contribution in [0.15, 0.2) is 63.9 Å². The second-order valence-corrected chi connectivity index (χ2v) is 7.37. The third-order valence-electron chi connectivity index (χ3n) is 3.29. The number of nitrogens with one attached hydrogen (secondary N) is 1. The summed E-state index contributed by atoms with van der Waals surface area (Å²) in [6.07, 6.45) is 1.74. The smallest absolute Gasteiger partial charge is 0.252 e. The molecular weight excluding hydrogens is 388 g/mol. The summed E-state index contributed by atoms with van der Waals surface area (Å²) in [5.74, 6) is 0.669. The fourth-order valence-corrected chi connectivity index (χ4v) is 3.24. The Morgan fingerprint density at radius 3 is 2.88 bits per heavy atom. The number of carbonyl (C=O) groups is 1. The quantitative estimate of drug-likeness (QED) is 0.663. The number of rotatable bonds is 6. The normalized spacial score (nSPS) is 10.4. The zero-order chi connectivity index (χ0) is 16.8. The van der Waals surface area contributed by atoms with Crippen molar-refractivity contribution in [2.75, 3.05) is 0 Å². The fraction of sp³-hybridized carbons (Fsp3) is 0.111. The molecule has 0 bridgehead atoms. The van der Waals surface area contributed by atoms with E-state index in [2.05, 4.69) is 26.2 Å². The molecule has 2 aromatic heterocycles. The van der Waals surface area contributed by atoms with Crippen molar-refractivity contribution in [1.82, 2.24) is 10.3 Å². The van der Waals surface area contributed by atoms with Gasteiger partial charge < -0.3 is 10.1 Å². The zero-order valence-corrected chi connectivity index (χ0v) is 15.1. The van der Waals surface area contributed by atoms with Gasteiger partial charge in [0.2, 0.25) is 0 Å². The van der Waals surface area contributed by atoms with Gasteiger partial charge in [0.05, 0.1) is 15.0 Å². The summed E-state index contributed by atoms with van der Waals surface area (Å²) in [7, 11) is 0. The monoisotopic (exact) mass is 402 g/mol. The van der Waals surface area contributed by atoms with E-state index in [0.29, 0.717) is 18.7 Å². The number of pyridine rings is 1. The Morgan fingerprint density at radius 2 is 2.12 bits per heavy atom. The number of carbonyl (C=O) groups excluding carboxylic acids is 1. The fourth-order valence-electron chi connectivity index (χ4n) is 2.10. The molecule has 6 heteroatoms.